The fraction of sp³-hybridized carbons (Fsp3) is 0.143. The summed E-state index contributed by atoms with van der Waals surface area (Å²) in [7, 11) is 0. The number of carbonyl (C=O) groups excluding carboxylic acids is 1. The third-order valence-electron chi connectivity index (χ3n) is 4.40. The lowest BCUT2D eigenvalue weighted by Crippen LogP contribution is -2.29. The zero-order valence-electron chi connectivity index (χ0n) is 14.5. The monoisotopic (exact) mass is 346 g/mol. The summed E-state index contributed by atoms with van der Waals surface area (Å²) in [6.07, 6.45) is 0. The minimum absolute atomic E-state index is 0.240. The Kier molecular flexibility index (Phi) is 4.05. The van der Waals surface area contributed by atoms with E-state index in [0.29, 0.717) is 22.8 Å². The first-order chi connectivity index (χ1) is 12.6. The first kappa shape index (κ1) is 16.1. The minimum atomic E-state index is -0.412. The Morgan fingerprint density at radius 3 is 2.46 bits per heavy atom. The molecule has 0 aliphatic carbocycles. The number of rotatable bonds is 4. The van der Waals surface area contributed by atoms with Gasteiger partial charge in [-0.15, -0.1) is 0 Å². The first-order valence-electron chi connectivity index (χ1n) is 8.40. The Morgan fingerprint density at radius 1 is 1.04 bits per heavy atom. The number of aryl methyl sites for hydroxylation is 2. The molecular formula is C21H18N2O3. The quantitative estimate of drug-likeness (QED) is 0.588. The number of amides is 1. The normalized spacial score (nSPS) is 12.2. The van der Waals surface area contributed by atoms with Crippen molar-refractivity contribution in [3.8, 4) is 0 Å². The Bertz CT molecular complexity index is 1010. The lowest BCUT2D eigenvalue weighted by atomic mass is 10.0. The van der Waals surface area contributed by atoms with E-state index in [1.54, 1.807) is 13.8 Å². The van der Waals surface area contributed by atoms with Gasteiger partial charge in [0, 0.05) is 5.39 Å². The molecule has 0 radical (unpaired) electrons. The van der Waals surface area contributed by atoms with Crippen molar-refractivity contribution in [1.82, 2.24) is 10.5 Å². The van der Waals surface area contributed by atoms with Gasteiger partial charge in [0.2, 0.25) is 0 Å². The maximum atomic E-state index is 12.9. The molecule has 2 aromatic heterocycles. The number of aromatic nitrogens is 1. The predicted octanol–water partition coefficient (Wildman–Crippen LogP) is 4.56. The van der Waals surface area contributed by atoms with Gasteiger partial charge in [-0.2, -0.15) is 0 Å². The van der Waals surface area contributed by atoms with E-state index >= 15 is 0 Å². The zero-order valence-corrected chi connectivity index (χ0v) is 14.5. The van der Waals surface area contributed by atoms with Crippen LogP contribution in [0.4, 0.5) is 0 Å². The third-order valence-corrected chi connectivity index (χ3v) is 4.40. The molecule has 5 heteroatoms. The molecule has 1 unspecified atom stereocenters. The molecule has 2 aromatic carbocycles. The van der Waals surface area contributed by atoms with E-state index in [2.05, 4.69) is 10.5 Å². The summed E-state index contributed by atoms with van der Waals surface area (Å²) in [5, 5.41) is 7.92. The third kappa shape index (κ3) is 2.88. The fourth-order valence-corrected chi connectivity index (χ4v) is 3.12. The second-order valence-corrected chi connectivity index (χ2v) is 6.20. The summed E-state index contributed by atoms with van der Waals surface area (Å²) < 4.78 is 11.1. The molecule has 0 aliphatic heterocycles. The highest BCUT2D eigenvalue weighted by Gasteiger charge is 2.25. The van der Waals surface area contributed by atoms with Crippen LogP contribution in [0, 0.1) is 13.8 Å². The molecule has 0 bridgehead atoms. The van der Waals surface area contributed by atoms with Crippen molar-refractivity contribution in [2.75, 3.05) is 0 Å². The van der Waals surface area contributed by atoms with E-state index in [9.17, 15) is 4.79 Å². The molecule has 0 aliphatic rings. The number of fused-ring (bicyclic) bond motifs is 1. The minimum Gasteiger partial charge on any atom is -0.459 e. The molecule has 0 saturated heterocycles. The van der Waals surface area contributed by atoms with Crippen molar-refractivity contribution in [1.29, 1.82) is 0 Å². The number of para-hydroxylation sites is 1. The molecule has 1 atom stereocenters. The van der Waals surface area contributed by atoms with E-state index in [1.165, 1.54) is 0 Å². The average molecular weight is 346 g/mol. The molecular weight excluding hydrogens is 328 g/mol. The highest BCUT2D eigenvalue weighted by molar-refractivity contribution is 5.96. The molecule has 4 aromatic rings. The van der Waals surface area contributed by atoms with Crippen LogP contribution in [0.1, 0.15) is 39.2 Å². The van der Waals surface area contributed by atoms with Crippen molar-refractivity contribution in [2.24, 2.45) is 0 Å². The van der Waals surface area contributed by atoms with Gasteiger partial charge in [0.05, 0.1) is 5.69 Å². The van der Waals surface area contributed by atoms with E-state index in [4.69, 9.17) is 8.94 Å². The number of nitrogens with one attached hydrogen (secondary N) is 1. The van der Waals surface area contributed by atoms with Crippen LogP contribution in [0.25, 0.3) is 11.0 Å². The first-order valence-corrected chi connectivity index (χ1v) is 8.40. The topological polar surface area (TPSA) is 68.3 Å². The second kappa shape index (κ2) is 6.52. The van der Waals surface area contributed by atoms with Gasteiger partial charge >= 0.3 is 0 Å². The largest absolute Gasteiger partial charge is 0.459 e. The van der Waals surface area contributed by atoms with Crippen LogP contribution >= 0.6 is 0 Å². The molecule has 1 N–H and O–H groups in total. The Morgan fingerprint density at radius 2 is 1.77 bits per heavy atom. The van der Waals surface area contributed by atoms with Crippen molar-refractivity contribution in [2.45, 2.75) is 19.9 Å². The van der Waals surface area contributed by atoms with Gasteiger partial charge < -0.3 is 14.3 Å². The van der Waals surface area contributed by atoms with Crippen LogP contribution in [0.15, 0.2) is 69.6 Å². The van der Waals surface area contributed by atoms with Crippen molar-refractivity contribution in [3.05, 3.63) is 89.0 Å². The van der Waals surface area contributed by atoms with Crippen molar-refractivity contribution < 1.29 is 13.7 Å². The number of carbonyl (C=O) groups is 1. The van der Waals surface area contributed by atoms with Gasteiger partial charge in [-0.05, 0) is 31.5 Å². The molecule has 5 nitrogen and oxygen atoms in total. The van der Waals surface area contributed by atoms with Crippen LogP contribution in [-0.2, 0) is 0 Å². The number of nitrogens with zero attached hydrogens (tertiary/aromatic N) is 1. The molecule has 1 amide bonds. The number of hydrogen-bond acceptors (Lipinski definition) is 4. The van der Waals surface area contributed by atoms with Gasteiger partial charge in [0.25, 0.3) is 5.91 Å². The number of hydrogen-bond donors (Lipinski definition) is 1. The number of furan rings is 1. The maximum Gasteiger partial charge on any atom is 0.257 e. The van der Waals surface area contributed by atoms with Crippen molar-refractivity contribution in [3.63, 3.8) is 0 Å². The summed E-state index contributed by atoms with van der Waals surface area (Å²) in [5.74, 6) is 0.935. The molecule has 130 valence electrons. The lowest BCUT2D eigenvalue weighted by molar-refractivity contribution is 0.0937. The Hall–Kier alpha value is -3.34. The summed E-state index contributed by atoms with van der Waals surface area (Å²) in [5.41, 5.74) is 2.75. The average Bonchev–Trinajstić information content (AvgIpc) is 3.23. The summed E-state index contributed by atoms with van der Waals surface area (Å²) in [6.45, 7) is 3.48. The highest BCUT2D eigenvalue weighted by Crippen LogP contribution is 2.29. The molecule has 26 heavy (non-hydrogen) atoms. The fourth-order valence-electron chi connectivity index (χ4n) is 3.12. The smallest absolute Gasteiger partial charge is 0.257 e. The van der Waals surface area contributed by atoms with Crippen LogP contribution in [0.2, 0.25) is 0 Å². The highest BCUT2D eigenvalue weighted by atomic mass is 16.5. The van der Waals surface area contributed by atoms with Gasteiger partial charge in [-0.3, -0.25) is 4.79 Å². The van der Waals surface area contributed by atoms with Gasteiger partial charge in [0.15, 0.2) is 0 Å². The van der Waals surface area contributed by atoms with E-state index in [1.807, 2.05) is 60.7 Å². The molecule has 4 rings (SSSR count). The maximum absolute atomic E-state index is 12.9. The van der Waals surface area contributed by atoms with E-state index in [-0.39, 0.29) is 5.91 Å². The lowest BCUT2D eigenvalue weighted by Gasteiger charge is -2.17. The Labute approximate surface area is 150 Å². The van der Waals surface area contributed by atoms with E-state index < -0.39 is 6.04 Å². The summed E-state index contributed by atoms with van der Waals surface area (Å²) >= 11 is 0. The van der Waals surface area contributed by atoms with Gasteiger partial charge in [0.1, 0.15) is 28.7 Å². The molecule has 0 fully saturated rings. The van der Waals surface area contributed by atoms with Crippen LogP contribution in [-0.4, -0.2) is 11.1 Å². The summed E-state index contributed by atoms with van der Waals surface area (Å²) in [6, 6.07) is 19.1. The Balaban J connectivity index is 1.75. The van der Waals surface area contributed by atoms with Crippen LogP contribution in [0.5, 0.6) is 0 Å². The van der Waals surface area contributed by atoms with Crippen LogP contribution in [0.3, 0.4) is 0 Å². The molecule has 2 heterocycles. The van der Waals surface area contributed by atoms with E-state index in [0.717, 1.165) is 16.5 Å². The molecule has 0 spiro atoms. The van der Waals surface area contributed by atoms with Crippen molar-refractivity contribution >= 4 is 16.9 Å². The zero-order chi connectivity index (χ0) is 18.1. The SMILES string of the molecule is Cc1noc(C)c1C(=O)NC(c1ccccc1)c1cc2ccccc2o1. The van der Waals surface area contributed by atoms with Crippen LogP contribution < -0.4 is 5.32 Å². The molecule has 0 saturated carbocycles. The van der Waals surface area contributed by atoms with Gasteiger partial charge in [-0.1, -0.05) is 53.7 Å². The van der Waals surface area contributed by atoms with Gasteiger partial charge in [-0.25, -0.2) is 0 Å². The number of benzene rings is 2. The summed E-state index contributed by atoms with van der Waals surface area (Å²) in [4.78, 5) is 12.9. The standard InChI is InChI=1S/C21H18N2O3/c1-13-19(14(2)26-23-13)21(24)22-20(15-8-4-3-5-9-15)18-12-16-10-6-7-11-17(16)25-18/h3-12,20H,1-2H3,(H,22,24). The predicted molar refractivity (Wildman–Crippen MR) is 97.9 cm³/mol. The second-order valence-electron chi connectivity index (χ2n) is 6.20.